The third kappa shape index (κ3) is 6.17. The topological polar surface area (TPSA) is 24.5 Å². The molecule has 1 fully saturated rings. The minimum Gasteiger partial charge on any atom is -0.383 e. The van der Waals surface area contributed by atoms with Crippen LogP contribution >= 0.6 is 0 Å². The summed E-state index contributed by atoms with van der Waals surface area (Å²) in [5.41, 5.74) is 0.186. The summed E-state index contributed by atoms with van der Waals surface area (Å²) < 4.78 is 5.41. The van der Waals surface area contributed by atoms with Crippen molar-refractivity contribution in [1.29, 1.82) is 0 Å². The van der Waals surface area contributed by atoms with Crippen molar-refractivity contribution in [3.63, 3.8) is 0 Å². The van der Waals surface area contributed by atoms with E-state index in [1.54, 1.807) is 0 Å². The molecule has 0 aromatic carbocycles. The Balaban J connectivity index is 2.48. The Kier molecular flexibility index (Phi) is 6.61. The van der Waals surface area contributed by atoms with Gasteiger partial charge < -0.3 is 10.1 Å². The molecule has 3 heteroatoms. The largest absolute Gasteiger partial charge is 0.383 e. The maximum atomic E-state index is 5.41. The molecule has 1 aliphatic rings. The average molecular weight is 256 g/mol. The van der Waals surface area contributed by atoms with Gasteiger partial charge in [-0.2, -0.15) is 0 Å². The molecule has 1 aliphatic heterocycles. The first-order valence-corrected chi connectivity index (χ1v) is 7.40. The molecule has 3 nitrogen and oxygen atoms in total. The van der Waals surface area contributed by atoms with E-state index in [-0.39, 0.29) is 5.54 Å². The van der Waals surface area contributed by atoms with Crippen LogP contribution in [0.2, 0.25) is 0 Å². The number of likely N-dealkylation sites (tertiary alicyclic amines) is 1. The zero-order valence-electron chi connectivity index (χ0n) is 13.0. The van der Waals surface area contributed by atoms with Crippen LogP contribution < -0.4 is 5.32 Å². The number of hydrogen-bond acceptors (Lipinski definition) is 3. The van der Waals surface area contributed by atoms with Crippen molar-refractivity contribution in [2.24, 2.45) is 5.92 Å². The summed E-state index contributed by atoms with van der Waals surface area (Å²) in [4.78, 5) is 2.62. The fourth-order valence-electron chi connectivity index (χ4n) is 2.56. The second-order valence-corrected chi connectivity index (χ2v) is 6.81. The van der Waals surface area contributed by atoms with Gasteiger partial charge in [0, 0.05) is 25.2 Å². The Morgan fingerprint density at radius 2 is 2.00 bits per heavy atom. The van der Waals surface area contributed by atoms with Crippen molar-refractivity contribution < 1.29 is 4.74 Å². The smallest absolute Gasteiger partial charge is 0.0630 e. The lowest BCUT2D eigenvalue weighted by molar-refractivity contribution is 0.0868. The Labute approximate surface area is 113 Å². The van der Waals surface area contributed by atoms with E-state index >= 15 is 0 Å². The summed E-state index contributed by atoms with van der Waals surface area (Å²) in [5, 5.41) is 3.61. The van der Waals surface area contributed by atoms with E-state index in [0.29, 0.717) is 6.04 Å². The lowest BCUT2D eigenvalue weighted by Crippen LogP contribution is -2.50. The van der Waals surface area contributed by atoms with Crippen molar-refractivity contribution in [3.8, 4) is 0 Å². The number of nitrogens with zero attached hydrogens (tertiary/aromatic N) is 1. The number of methoxy groups -OCH3 is 1. The molecule has 0 radical (unpaired) electrons. The van der Waals surface area contributed by atoms with Crippen molar-refractivity contribution >= 4 is 0 Å². The Morgan fingerprint density at radius 1 is 1.28 bits per heavy atom. The highest BCUT2D eigenvalue weighted by atomic mass is 16.5. The summed E-state index contributed by atoms with van der Waals surface area (Å²) in [7, 11) is 1.81. The highest BCUT2D eigenvalue weighted by Crippen LogP contribution is 2.18. The van der Waals surface area contributed by atoms with Crippen LogP contribution in [0.5, 0.6) is 0 Å². The molecule has 1 N–H and O–H groups in total. The lowest BCUT2D eigenvalue weighted by atomic mass is 10.0. The Morgan fingerprint density at radius 3 is 2.61 bits per heavy atom. The second kappa shape index (κ2) is 7.46. The van der Waals surface area contributed by atoms with Crippen LogP contribution in [-0.4, -0.2) is 49.8 Å². The molecule has 0 aromatic rings. The van der Waals surface area contributed by atoms with Crippen LogP contribution in [0.1, 0.15) is 47.0 Å². The molecule has 18 heavy (non-hydrogen) atoms. The van der Waals surface area contributed by atoms with Gasteiger partial charge in [0.25, 0.3) is 0 Å². The first kappa shape index (κ1) is 15.9. The standard InChI is InChI=1S/C15H32N2O/c1-13-7-6-9-17(10-8-13)14(12-18-5)11-16-15(2,3)4/h13-14,16H,6-12H2,1-5H3. The number of nitrogens with one attached hydrogen (secondary N) is 1. The van der Waals surface area contributed by atoms with Gasteiger partial charge in [-0.25, -0.2) is 0 Å². The number of rotatable bonds is 5. The van der Waals surface area contributed by atoms with Crippen LogP contribution in [0, 0.1) is 5.92 Å². The van der Waals surface area contributed by atoms with E-state index in [1.165, 1.54) is 32.4 Å². The van der Waals surface area contributed by atoms with Gasteiger partial charge >= 0.3 is 0 Å². The van der Waals surface area contributed by atoms with Crippen molar-refractivity contribution in [2.75, 3.05) is 33.4 Å². The molecule has 0 saturated carbocycles. The molecular weight excluding hydrogens is 224 g/mol. The molecule has 2 atom stereocenters. The third-order valence-corrected chi connectivity index (χ3v) is 3.79. The Hall–Kier alpha value is -0.120. The lowest BCUT2D eigenvalue weighted by Gasteiger charge is -2.33. The summed E-state index contributed by atoms with van der Waals surface area (Å²) >= 11 is 0. The quantitative estimate of drug-likeness (QED) is 0.818. The summed E-state index contributed by atoms with van der Waals surface area (Å²) in [6, 6.07) is 0.513. The average Bonchev–Trinajstić information content (AvgIpc) is 2.48. The molecule has 2 unspecified atom stereocenters. The predicted molar refractivity (Wildman–Crippen MR) is 78.0 cm³/mol. The zero-order chi connectivity index (χ0) is 13.6. The zero-order valence-corrected chi connectivity index (χ0v) is 13.0. The van der Waals surface area contributed by atoms with E-state index in [2.05, 4.69) is 37.9 Å². The van der Waals surface area contributed by atoms with Crippen LogP contribution in [0.3, 0.4) is 0 Å². The first-order valence-electron chi connectivity index (χ1n) is 7.40. The highest BCUT2D eigenvalue weighted by Gasteiger charge is 2.23. The van der Waals surface area contributed by atoms with Crippen molar-refractivity contribution in [3.05, 3.63) is 0 Å². The SMILES string of the molecule is COCC(CNC(C)(C)C)N1CCCC(C)CC1. The fraction of sp³-hybridized carbons (Fsp3) is 1.00. The van der Waals surface area contributed by atoms with Crippen molar-refractivity contribution in [2.45, 2.75) is 58.5 Å². The van der Waals surface area contributed by atoms with Crippen LogP contribution in [0.15, 0.2) is 0 Å². The Bertz CT molecular complexity index is 225. The molecule has 0 spiro atoms. The normalized spacial score (nSPS) is 24.8. The minimum atomic E-state index is 0.186. The molecule has 0 aliphatic carbocycles. The number of ether oxygens (including phenoxy) is 1. The molecule has 1 heterocycles. The summed E-state index contributed by atoms with van der Waals surface area (Å²) in [6.45, 7) is 13.3. The van der Waals surface area contributed by atoms with E-state index in [0.717, 1.165) is 19.1 Å². The molecule has 1 saturated heterocycles. The number of hydrogen-bond donors (Lipinski definition) is 1. The third-order valence-electron chi connectivity index (χ3n) is 3.79. The van der Waals surface area contributed by atoms with E-state index in [9.17, 15) is 0 Å². The van der Waals surface area contributed by atoms with Crippen LogP contribution in [-0.2, 0) is 4.74 Å². The van der Waals surface area contributed by atoms with Crippen LogP contribution in [0.25, 0.3) is 0 Å². The van der Waals surface area contributed by atoms with Crippen molar-refractivity contribution in [1.82, 2.24) is 10.2 Å². The minimum absolute atomic E-state index is 0.186. The molecule has 1 rings (SSSR count). The van der Waals surface area contributed by atoms with Gasteiger partial charge in [0.05, 0.1) is 6.61 Å². The maximum Gasteiger partial charge on any atom is 0.0630 e. The van der Waals surface area contributed by atoms with Crippen LogP contribution in [0.4, 0.5) is 0 Å². The molecule has 0 aromatic heterocycles. The van der Waals surface area contributed by atoms with E-state index in [4.69, 9.17) is 4.74 Å². The summed E-state index contributed by atoms with van der Waals surface area (Å²) in [6.07, 6.45) is 4.04. The van der Waals surface area contributed by atoms with Gasteiger partial charge in [0.1, 0.15) is 0 Å². The van der Waals surface area contributed by atoms with Gasteiger partial charge in [0.15, 0.2) is 0 Å². The summed E-state index contributed by atoms with van der Waals surface area (Å²) in [5.74, 6) is 0.883. The van der Waals surface area contributed by atoms with E-state index < -0.39 is 0 Å². The second-order valence-electron chi connectivity index (χ2n) is 6.81. The van der Waals surface area contributed by atoms with Gasteiger partial charge in [-0.05, 0) is 59.0 Å². The highest BCUT2D eigenvalue weighted by molar-refractivity contribution is 4.81. The van der Waals surface area contributed by atoms with Gasteiger partial charge in [-0.15, -0.1) is 0 Å². The van der Waals surface area contributed by atoms with Gasteiger partial charge in [-0.3, -0.25) is 4.90 Å². The monoisotopic (exact) mass is 256 g/mol. The predicted octanol–water partition coefficient (Wildman–Crippen LogP) is 2.51. The first-order chi connectivity index (χ1) is 8.42. The van der Waals surface area contributed by atoms with Gasteiger partial charge in [-0.1, -0.05) is 6.92 Å². The maximum absolute atomic E-state index is 5.41. The molecule has 108 valence electrons. The fourth-order valence-corrected chi connectivity index (χ4v) is 2.56. The van der Waals surface area contributed by atoms with Gasteiger partial charge in [0.2, 0.25) is 0 Å². The van der Waals surface area contributed by atoms with E-state index in [1.807, 2.05) is 7.11 Å². The molecular formula is C15H32N2O. The molecule has 0 amide bonds. The molecule has 0 bridgehead atoms.